The number of carboxylic acid groups (broad SMARTS) is 1. The first kappa shape index (κ1) is 14.5. The Bertz CT molecular complexity index is 391. The van der Waals surface area contributed by atoms with E-state index in [1.165, 1.54) is 4.88 Å². The molecule has 1 N–H and O–H groups in total. The molecule has 0 saturated carbocycles. The van der Waals surface area contributed by atoms with Gasteiger partial charge in [-0.1, -0.05) is 32.3 Å². The third kappa shape index (κ3) is 3.57. The van der Waals surface area contributed by atoms with Gasteiger partial charge in [0.05, 0.1) is 0 Å². The van der Waals surface area contributed by atoms with Crippen LogP contribution in [0.4, 0.5) is 0 Å². The first-order chi connectivity index (χ1) is 9.24. The van der Waals surface area contributed by atoms with Gasteiger partial charge >= 0.3 is 5.97 Å². The van der Waals surface area contributed by atoms with E-state index in [0.29, 0.717) is 6.04 Å². The number of aliphatic carboxylic acids is 1. The number of carbonyl (C=O) groups is 1. The number of thiophene rings is 1. The van der Waals surface area contributed by atoms with Crippen LogP contribution in [0.25, 0.3) is 0 Å². The fourth-order valence-corrected chi connectivity index (χ4v) is 3.82. The topological polar surface area (TPSA) is 40.5 Å². The largest absolute Gasteiger partial charge is 0.480 e. The average molecular weight is 281 g/mol. The van der Waals surface area contributed by atoms with E-state index in [0.717, 1.165) is 45.1 Å². The molecule has 0 radical (unpaired) electrons. The van der Waals surface area contributed by atoms with Crippen molar-refractivity contribution in [3.63, 3.8) is 0 Å². The maximum Gasteiger partial charge on any atom is 0.320 e. The minimum Gasteiger partial charge on any atom is -0.480 e. The van der Waals surface area contributed by atoms with Crippen LogP contribution in [0.1, 0.15) is 56.4 Å². The molecule has 1 aliphatic heterocycles. The number of piperidine rings is 1. The van der Waals surface area contributed by atoms with Crippen LogP contribution in [0, 0.1) is 0 Å². The second kappa shape index (κ2) is 7.06. The number of likely N-dealkylation sites (tertiary alicyclic amines) is 1. The van der Waals surface area contributed by atoms with E-state index in [1.807, 2.05) is 0 Å². The molecule has 3 nitrogen and oxygen atoms in total. The van der Waals surface area contributed by atoms with Gasteiger partial charge in [-0.15, -0.1) is 11.3 Å². The molecule has 2 unspecified atom stereocenters. The summed E-state index contributed by atoms with van der Waals surface area (Å²) in [4.78, 5) is 15.0. The van der Waals surface area contributed by atoms with Crippen molar-refractivity contribution in [1.29, 1.82) is 0 Å². The van der Waals surface area contributed by atoms with Crippen molar-refractivity contribution in [2.75, 3.05) is 6.54 Å². The number of unbranched alkanes of at least 4 members (excludes halogenated alkanes) is 1. The predicted octanol–water partition coefficient (Wildman–Crippen LogP) is 3.92. The molecule has 0 aliphatic carbocycles. The SMILES string of the molecule is CCCCC(c1cccs1)N1CCCCC1C(=O)O. The van der Waals surface area contributed by atoms with Gasteiger partial charge in [-0.3, -0.25) is 9.69 Å². The highest BCUT2D eigenvalue weighted by atomic mass is 32.1. The van der Waals surface area contributed by atoms with E-state index in [2.05, 4.69) is 29.3 Å². The molecule has 1 fully saturated rings. The third-order valence-corrected chi connectivity index (χ3v) is 4.91. The van der Waals surface area contributed by atoms with Crippen LogP contribution in [0.15, 0.2) is 17.5 Å². The fraction of sp³-hybridized carbons (Fsp3) is 0.667. The normalized spacial score (nSPS) is 22.3. The molecule has 2 rings (SSSR count). The molecule has 2 atom stereocenters. The van der Waals surface area contributed by atoms with Crippen LogP contribution in [0.2, 0.25) is 0 Å². The first-order valence-corrected chi connectivity index (χ1v) is 8.14. The maximum absolute atomic E-state index is 11.5. The molecule has 0 bridgehead atoms. The Morgan fingerprint density at radius 2 is 2.42 bits per heavy atom. The molecule has 1 saturated heterocycles. The molecule has 1 aromatic heterocycles. The molecule has 19 heavy (non-hydrogen) atoms. The number of nitrogens with zero attached hydrogens (tertiary/aromatic N) is 1. The summed E-state index contributed by atoms with van der Waals surface area (Å²) in [7, 11) is 0. The monoisotopic (exact) mass is 281 g/mol. The standard InChI is InChI=1S/C15H23NO2S/c1-2-3-7-12(14-9-6-11-19-14)16-10-5-4-8-13(16)15(17)18/h6,9,11-13H,2-5,7-8,10H2,1H3,(H,17,18). The van der Waals surface area contributed by atoms with E-state index >= 15 is 0 Å². The van der Waals surface area contributed by atoms with Crippen molar-refractivity contribution in [3.05, 3.63) is 22.4 Å². The second-order valence-electron chi connectivity index (χ2n) is 5.26. The molecular formula is C15H23NO2S. The first-order valence-electron chi connectivity index (χ1n) is 7.26. The molecule has 0 aromatic carbocycles. The summed E-state index contributed by atoms with van der Waals surface area (Å²) in [6.07, 6.45) is 6.35. The van der Waals surface area contributed by atoms with Crippen molar-refractivity contribution < 1.29 is 9.90 Å². The van der Waals surface area contributed by atoms with Gasteiger partial charge in [0, 0.05) is 10.9 Å². The van der Waals surface area contributed by atoms with Gasteiger partial charge in [-0.25, -0.2) is 0 Å². The lowest BCUT2D eigenvalue weighted by Gasteiger charge is -2.38. The molecule has 1 aliphatic rings. The Labute approximate surface area is 119 Å². The zero-order valence-electron chi connectivity index (χ0n) is 11.5. The summed E-state index contributed by atoms with van der Waals surface area (Å²) in [6, 6.07) is 4.22. The van der Waals surface area contributed by atoms with Gasteiger partial charge < -0.3 is 5.11 Å². The van der Waals surface area contributed by atoms with Crippen molar-refractivity contribution in [2.45, 2.75) is 57.5 Å². The lowest BCUT2D eigenvalue weighted by atomic mass is 9.96. The van der Waals surface area contributed by atoms with Crippen molar-refractivity contribution in [2.24, 2.45) is 0 Å². The van der Waals surface area contributed by atoms with Crippen molar-refractivity contribution >= 4 is 17.3 Å². The minimum atomic E-state index is -0.655. The highest BCUT2D eigenvalue weighted by Crippen LogP contribution is 2.34. The van der Waals surface area contributed by atoms with Crippen molar-refractivity contribution in [1.82, 2.24) is 4.90 Å². The Morgan fingerprint density at radius 1 is 1.58 bits per heavy atom. The zero-order chi connectivity index (χ0) is 13.7. The van der Waals surface area contributed by atoms with Gasteiger partial charge in [0.2, 0.25) is 0 Å². The van der Waals surface area contributed by atoms with Crippen LogP contribution < -0.4 is 0 Å². The molecular weight excluding hydrogens is 258 g/mol. The summed E-state index contributed by atoms with van der Waals surface area (Å²) < 4.78 is 0. The van der Waals surface area contributed by atoms with Gasteiger partial charge in [0.1, 0.15) is 6.04 Å². The van der Waals surface area contributed by atoms with Gasteiger partial charge in [0.25, 0.3) is 0 Å². The molecule has 4 heteroatoms. The highest BCUT2D eigenvalue weighted by molar-refractivity contribution is 7.10. The Kier molecular flexibility index (Phi) is 5.40. The highest BCUT2D eigenvalue weighted by Gasteiger charge is 2.34. The zero-order valence-corrected chi connectivity index (χ0v) is 12.4. The Balaban J connectivity index is 2.17. The van der Waals surface area contributed by atoms with E-state index in [-0.39, 0.29) is 6.04 Å². The van der Waals surface area contributed by atoms with Crippen molar-refractivity contribution in [3.8, 4) is 0 Å². The molecule has 0 spiro atoms. The summed E-state index contributed by atoms with van der Waals surface area (Å²) in [6.45, 7) is 3.11. The van der Waals surface area contributed by atoms with E-state index in [1.54, 1.807) is 11.3 Å². The summed E-state index contributed by atoms with van der Waals surface area (Å²) >= 11 is 1.75. The average Bonchev–Trinajstić information content (AvgIpc) is 2.93. The number of rotatable bonds is 6. The number of hydrogen-bond acceptors (Lipinski definition) is 3. The van der Waals surface area contributed by atoms with E-state index < -0.39 is 5.97 Å². The van der Waals surface area contributed by atoms with Gasteiger partial charge in [0.15, 0.2) is 0 Å². The van der Waals surface area contributed by atoms with Gasteiger partial charge in [-0.2, -0.15) is 0 Å². The molecule has 1 aromatic rings. The molecule has 2 heterocycles. The predicted molar refractivity (Wildman–Crippen MR) is 78.6 cm³/mol. The fourth-order valence-electron chi connectivity index (χ4n) is 2.94. The van der Waals surface area contributed by atoms with Crippen LogP contribution >= 0.6 is 11.3 Å². The third-order valence-electron chi connectivity index (χ3n) is 3.93. The van der Waals surface area contributed by atoms with Gasteiger partial charge in [-0.05, 0) is 37.3 Å². The minimum absolute atomic E-state index is 0.293. The Hall–Kier alpha value is -0.870. The quantitative estimate of drug-likeness (QED) is 0.859. The van der Waals surface area contributed by atoms with E-state index in [4.69, 9.17) is 0 Å². The lowest BCUT2D eigenvalue weighted by Crippen LogP contribution is -2.46. The van der Waals surface area contributed by atoms with E-state index in [9.17, 15) is 9.90 Å². The molecule has 0 amide bonds. The van der Waals surface area contributed by atoms with Crippen LogP contribution in [0.5, 0.6) is 0 Å². The smallest absolute Gasteiger partial charge is 0.320 e. The number of hydrogen-bond donors (Lipinski definition) is 1. The van der Waals surface area contributed by atoms with Crippen LogP contribution in [-0.2, 0) is 4.79 Å². The second-order valence-corrected chi connectivity index (χ2v) is 6.24. The lowest BCUT2D eigenvalue weighted by molar-refractivity contribution is -0.146. The summed E-state index contributed by atoms with van der Waals surface area (Å²) in [5, 5.41) is 11.5. The molecule has 106 valence electrons. The number of carboxylic acids is 1. The van der Waals surface area contributed by atoms with Crippen LogP contribution in [-0.4, -0.2) is 28.6 Å². The maximum atomic E-state index is 11.5. The Morgan fingerprint density at radius 3 is 3.05 bits per heavy atom. The van der Waals surface area contributed by atoms with Crippen LogP contribution in [0.3, 0.4) is 0 Å². The summed E-state index contributed by atoms with van der Waals surface area (Å²) in [5.41, 5.74) is 0. The summed E-state index contributed by atoms with van der Waals surface area (Å²) in [5.74, 6) is -0.655.